The molecule has 0 saturated carbocycles. The van der Waals surface area contributed by atoms with Gasteiger partial charge < -0.3 is 5.11 Å². The quantitative estimate of drug-likeness (QED) is 0.786. The molecule has 0 aliphatic rings. The fraction of sp³-hybridized carbons (Fsp3) is 0.400. The van der Waals surface area contributed by atoms with E-state index in [0.717, 1.165) is 11.1 Å². The molecule has 0 radical (unpaired) electrons. The Kier molecular flexibility index (Phi) is 6.62. The number of nitrogens with zero attached hydrogens (tertiary/aromatic N) is 1. The largest absolute Gasteiger partial charge is 0.415 e. The number of halogens is 3. The van der Waals surface area contributed by atoms with Crippen molar-refractivity contribution in [2.24, 2.45) is 5.92 Å². The van der Waals surface area contributed by atoms with Gasteiger partial charge in [0.2, 0.25) is 0 Å². The molecule has 136 valence electrons. The minimum atomic E-state index is -4.65. The van der Waals surface area contributed by atoms with Crippen molar-refractivity contribution in [2.45, 2.75) is 45.3 Å². The molecule has 0 saturated heterocycles. The van der Waals surface area contributed by atoms with Crippen molar-refractivity contribution in [3.8, 4) is 0 Å². The zero-order chi connectivity index (χ0) is 18.4. The van der Waals surface area contributed by atoms with E-state index >= 15 is 0 Å². The van der Waals surface area contributed by atoms with Gasteiger partial charge in [-0.25, -0.2) is 0 Å². The average molecular weight is 351 g/mol. The summed E-state index contributed by atoms with van der Waals surface area (Å²) < 4.78 is 39.7. The lowest BCUT2D eigenvalue weighted by molar-refractivity contribution is -0.227. The van der Waals surface area contributed by atoms with Gasteiger partial charge in [0.1, 0.15) is 0 Å². The molecular formula is C20H24F3NO. The van der Waals surface area contributed by atoms with E-state index < -0.39 is 18.3 Å². The summed E-state index contributed by atoms with van der Waals surface area (Å²) in [7, 11) is 0. The average Bonchev–Trinajstić information content (AvgIpc) is 2.55. The Balaban J connectivity index is 2.33. The molecule has 0 aliphatic heterocycles. The van der Waals surface area contributed by atoms with Crippen LogP contribution < -0.4 is 0 Å². The van der Waals surface area contributed by atoms with Crippen LogP contribution in [-0.4, -0.2) is 28.3 Å². The lowest BCUT2D eigenvalue weighted by Gasteiger charge is -2.38. The van der Waals surface area contributed by atoms with E-state index in [9.17, 15) is 18.3 Å². The van der Waals surface area contributed by atoms with Gasteiger partial charge >= 0.3 is 6.18 Å². The topological polar surface area (TPSA) is 23.5 Å². The molecule has 0 amide bonds. The first-order chi connectivity index (χ1) is 11.8. The van der Waals surface area contributed by atoms with Gasteiger partial charge in [-0.2, -0.15) is 13.2 Å². The van der Waals surface area contributed by atoms with Crippen LogP contribution in [-0.2, 0) is 13.1 Å². The maximum Gasteiger partial charge on any atom is 0.415 e. The zero-order valence-corrected chi connectivity index (χ0v) is 14.4. The van der Waals surface area contributed by atoms with E-state index in [2.05, 4.69) is 0 Å². The van der Waals surface area contributed by atoms with Gasteiger partial charge in [0, 0.05) is 19.1 Å². The molecule has 2 aromatic carbocycles. The summed E-state index contributed by atoms with van der Waals surface area (Å²) in [6.07, 6.45) is -7.04. The van der Waals surface area contributed by atoms with E-state index in [1.54, 1.807) is 18.7 Å². The van der Waals surface area contributed by atoms with Crippen LogP contribution in [0.4, 0.5) is 13.2 Å². The predicted molar refractivity (Wildman–Crippen MR) is 92.8 cm³/mol. The Morgan fingerprint density at radius 2 is 1.24 bits per heavy atom. The highest BCUT2D eigenvalue weighted by Crippen LogP contribution is 2.30. The van der Waals surface area contributed by atoms with Crippen molar-refractivity contribution < 1.29 is 18.3 Å². The molecule has 0 heterocycles. The highest BCUT2D eigenvalue weighted by molar-refractivity contribution is 5.17. The molecule has 5 heteroatoms. The number of aliphatic hydroxyl groups excluding tert-OH is 1. The second-order valence-corrected chi connectivity index (χ2v) is 6.60. The van der Waals surface area contributed by atoms with Crippen molar-refractivity contribution in [1.29, 1.82) is 0 Å². The molecule has 0 aromatic heterocycles. The summed E-state index contributed by atoms with van der Waals surface area (Å²) in [5, 5.41) is 9.98. The number of alkyl halides is 3. The van der Waals surface area contributed by atoms with E-state index in [1.807, 2.05) is 60.7 Å². The summed E-state index contributed by atoms with van der Waals surface area (Å²) >= 11 is 0. The SMILES string of the molecule is CC(C)[C@@H](C(O)C(F)(F)F)N(Cc1ccccc1)Cc1ccccc1. The molecule has 0 fully saturated rings. The van der Waals surface area contributed by atoms with Crippen molar-refractivity contribution in [1.82, 2.24) is 4.90 Å². The Morgan fingerprint density at radius 3 is 1.56 bits per heavy atom. The van der Waals surface area contributed by atoms with Crippen LogP contribution in [0.25, 0.3) is 0 Å². The first-order valence-corrected chi connectivity index (χ1v) is 8.35. The minimum Gasteiger partial charge on any atom is -0.382 e. The second-order valence-electron chi connectivity index (χ2n) is 6.60. The molecule has 2 rings (SSSR count). The molecule has 1 unspecified atom stereocenters. The number of rotatable bonds is 7. The molecule has 2 nitrogen and oxygen atoms in total. The highest BCUT2D eigenvalue weighted by Gasteiger charge is 2.46. The molecule has 2 atom stereocenters. The van der Waals surface area contributed by atoms with Gasteiger partial charge in [0.05, 0.1) is 0 Å². The van der Waals surface area contributed by atoms with Gasteiger partial charge in [0.15, 0.2) is 6.10 Å². The van der Waals surface area contributed by atoms with E-state index in [1.165, 1.54) is 0 Å². The van der Waals surface area contributed by atoms with Crippen LogP contribution in [0.15, 0.2) is 60.7 Å². The van der Waals surface area contributed by atoms with Gasteiger partial charge in [-0.1, -0.05) is 74.5 Å². The Labute approximate surface area is 146 Å². The van der Waals surface area contributed by atoms with Gasteiger partial charge in [0.25, 0.3) is 0 Å². The monoisotopic (exact) mass is 351 g/mol. The number of hydrogen-bond donors (Lipinski definition) is 1. The van der Waals surface area contributed by atoms with Crippen molar-refractivity contribution in [3.63, 3.8) is 0 Å². The number of hydrogen-bond acceptors (Lipinski definition) is 2. The number of benzene rings is 2. The summed E-state index contributed by atoms with van der Waals surface area (Å²) in [5.41, 5.74) is 1.83. The van der Waals surface area contributed by atoms with Crippen molar-refractivity contribution in [2.75, 3.05) is 0 Å². The Hall–Kier alpha value is -1.85. The smallest absolute Gasteiger partial charge is 0.382 e. The predicted octanol–water partition coefficient (Wildman–Crippen LogP) is 4.64. The van der Waals surface area contributed by atoms with E-state index in [0.29, 0.717) is 13.1 Å². The maximum absolute atomic E-state index is 13.2. The van der Waals surface area contributed by atoms with E-state index in [-0.39, 0.29) is 5.92 Å². The highest BCUT2D eigenvalue weighted by atomic mass is 19.4. The summed E-state index contributed by atoms with van der Waals surface area (Å²) in [4.78, 5) is 1.72. The molecule has 25 heavy (non-hydrogen) atoms. The molecule has 1 N–H and O–H groups in total. The van der Waals surface area contributed by atoms with Crippen LogP contribution in [0.5, 0.6) is 0 Å². The molecule has 2 aromatic rings. The lowest BCUT2D eigenvalue weighted by atomic mass is 9.94. The molecule has 0 spiro atoms. The van der Waals surface area contributed by atoms with Gasteiger partial charge in [-0.15, -0.1) is 0 Å². The summed E-state index contributed by atoms with van der Waals surface area (Å²) in [5.74, 6) is -0.357. The van der Waals surface area contributed by atoms with Crippen LogP contribution in [0.2, 0.25) is 0 Å². The van der Waals surface area contributed by atoms with E-state index in [4.69, 9.17) is 0 Å². The molecule has 0 aliphatic carbocycles. The minimum absolute atomic E-state index is 0.339. The van der Waals surface area contributed by atoms with Crippen LogP contribution >= 0.6 is 0 Å². The summed E-state index contributed by atoms with van der Waals surface area (Å²) in [6.45, 7) is 4.10. The maximum atomic E-state index is 13.2. The van der Waals surface area contributed by atoms with Gasteiger partial charge in [-0.05, 0) is 17.0 Å². The number of aliphatic hydroxyl groups is 1. The third-order valence-electron chi connectivity index (χ3n) is 4.22. The second kappa shape index (κ2) is 8.50. The fourth-order valence-corrected chi connectivity index (χ4v) is 3.08. The molecular weight excluding hydrogens is 327 g/mol. The standard InChI is InChI=1S/C20H24F3NO/c1-15(2)18(19(25)20(21,22)23)24(13-16-9-5-3-6-10-16)14-17-11-7-4-8-12-17/h3-12,15,18-19,25H,13-14H2,1-2H3/t18-,19?/m0/s1. The first kappa shape index (κ1) is 19.5. The first-order valence-electron chi connectivity index (χ1n) is 8.35. The normalized spacial score (nSPS) is 14.7. The third-order valence-corrected chi connectivity index (χ3v) is 4.22. The third kappa shape index (κ3) is 5.58. The Morgan fingerprint density at radius 1 is 0.840 bits per heavy atom. The fourth-order valence-electron chi connectivity index (χ4n) is 3.08. The van der Waals surface area contributed by atoms with Gasteiger partial charge in [-0.3, -0.25) is 4.90 Å². The zero-order valence-electron chi connectivity index (χ0n) is 14.4. The Bertz CT molecular complexity index is 587. The summed E-state index contributed by atoms with van der Waals surface area (Å²) in [6, 6.07) is 17.7. The van der Waals surface area contributed by atoms with Crippen LogP contribution in [0.3, 0.4) is 0 Å². The van der Waals surface area contributed by atoms with Crippen LogP contribution in [0.1, 0.15) is 25.0 Å². The van der Waals surface area contributed by atoms with Crippen molar-refractivity contribution >= 4 is 0 Å². The van der Waals surface area contributed by atoms with Crippen LogP contribution in [0, 0.1) is 5.92 Å². The molecule has 0 bridgehead atoms. The van der Waals surface area contributed by atoms with Crippen molar-refractivity contribution in [3.05, 3.63) is 71.8 Å². The lowest BCUT2D eigenvalue weighted by Crippen LogP contribution is -2.52.